The maximum Gasteiger partial charge on any atom is 0.408 e. The smallest absolute Gasteiger partial charge is 0.408 e. The summed E-state index contributed by atoms with van der Waals surface area (Å²) in [7, 11) is 0. The van der Waals surface area contributed by atoms with Crippen molar-refractivity contribution in [3.63, 3.8) is 0 Å². The number of nitrogens with zero attached hydrogens (tertiary/aromatic N) is 1. The first-order chi connectivity index (χ1) is 14.6. The Morgan fingerprint density at radius 1 is 0.967 bits per heavy atom. The van der Waals surface area contributed by atoms with E-state index in [2.05, 4.69) is 5.32 Å². The second kappa shape index (κ2) is 14.0. The topological polar surface area (TPSA) is 86.3 Å². The highest BCUT2D eigenvalue weighted by Gasteiger charge is 2.27. The van der Waals surface area contributed by atoms with Gasteiger partial charge in [0.15, 0.2) is 0 Å². The van der Waals surface area contributed by atoms with E-state index >= 15 is 0 Å². The molecule has 8 heteroatoms. The van der Waals surface area contributed by atoms with Gasteiger partial charge in [-0.3, -0.25) is 4.79 Å². The van der Waals surface area contributed by atoms with Crippen LogP contribution in [0.4, 0.5) is 4.79 Å². The molecule has 1 aromatic carbocycles. The van der Waals surface area contributed by atoms with Gasteiger partial charge in [0.2, 0.25) is 5.91 Å². The van der Waals surface area contributed by atoms with Crippen LogP contribution in [0, 0.1) is 5.92 Å². The maximum atomic E-state index is 13.2. The number of hydrogen-bond donors (Lipinski definition) is 1. The molecule has 8 nitrogen and oxygen atoms in total. The molecule has 168 valence electrons. The summed E-state index contributed by atoms with van der Waals surface area (Å²) in [6.45, 7) is 7.80. The molecule has 0 saturated carbocycles. The van der Waals surface area contributed by atoms with Crippen LogP contribution in [0.3, 0.4) is 0 Å². The number of carbonyl (C=O) groups excluding carboxylic acids is 2. The zero-order valence-corrected chi connectivity index (χ0v) is 18.0. The van der Waals surface area contributed by atoms with E-state index in [1.54, 1.807) is 4.90 Å². The normalized spacial score (nSPS) is 17.5. The lowest BCUT2D eigenvalue weighted by atomic mass is 10.0. The van der Waals surface area contributed by atoms with Crippen molar-refractivity contribution in [2.75, 3.05) is 52.7 Å². The van der Waals surface area contributed by atoms with Crippen molar-refractivity contribution in [3.05, 3.63) is 35.9 Å². The molecule has 30 heavy (non-hydrogen) atoms. The van der Waals surface area contributed by atoms with Gasteiger partial charge >= 0.3 is 6.09 Å². The van der Waals surface area contributed by atoms with Crippen molar-refractivity contribution in [2.45, 2.75) is 32.9 Å². The molecule has 0 aromatic heterocycles. The number of benzene rings is 1. The van der Waals surface area contributed by atoms with Gasteiger partial charge in [-0.15, -0.1) is 0 Å². The summed E-state index contributed by atoms with van der Waals surface area (Å²) < 4.78 is 21.8. The molecule has 0 bridgehead atoms. The Morgan fingerprint density at radius 2 is 1.53 bits per heavy atom. The van der Waals surface area contributed by atoms with Gasteiger partial charge in [-0.25, -0.2) is 4.79 Å². The molecule has 1 N–H and O–H groups in total. The minimum Gasteiger partial charge on any atom is -0.445 e. The van der Waals surface area contributed by atoms with Gasteiger partial charge in [-0.2, -0.15) is 0 Å². The molecule has 1 unspecified atom stereocenters. The van der Waals surface area contributed by atoms with Crippen LogP contribution < -0.4 is 5.32 Å². The van der Waals surface area contributed by atoms with Gasteiger partial charge in [0.25, 0.3) is 0 Å². The van der Waals surface area contributed by atoms with Crippen LogP contribution in [0.25, 0.3) is 0 Å². The summed E-state index contributed by atoms with van der Waals surface area (Å²) in [4.78, 5) is 27.2. The Balaban J connectivity index is 1.94. The van der Waals surface area contributed by atoms with Gasteiger partial charge < -0.3 is 29.2 Å². The second-order valence-electron chi connectivity index (χ2n) is 7.55. The number of alkyl carbamates (subject to hydrolysis) is 1. The third kappa shape index (κ3) is 9.56. The first-order valence-corrected chi connectivity index (χ1v) is 10.6. The Kier molecular flexibility index (Phi) is 11.2. The lowest BCUT2D eigenvalue weighted by Crippen LogP contribution is -2.51. The summed E-state index contributed by atoms with van der Waals surface area (Å²) in [5.41, 5.74) is 0.890. The molecule has 2 amide bonds. The Labute approximate surface area is 178 Å². The zero-order chi connectivity index (χ0) is 21.6. The third-order valence-corrected chi connectivity index (χ3v) is 4.58. The first kappa shape index (κ1) is 24.1. The monoisotopic (exact) mass is 422 g/mol. The standard InChI is InChI=1S/C22H34N2O6/c1-18(2)16-20(23-22(26)30-17-19-6-4-3-5-7-19)21(25)24-8-10-27-12-14-29-15-13-28-11-9-24/h3-7,18,20H,8-17H2,1-2H3,(H,23,26). The van der Waals surface area contributed by atoms with E-state index in [0.29, 0.717) is 59.2 Å². The van der Waals surface area contributed by atoms with Crippen LogP contribution in [-0.2, 0) is 30.3 Å². The molecule has 1 aromatic rings. The van der Waals surface area contributed by atoms with Crippen molar-refractivity contribution in [3.8, 4) is 0 Å². The summed E-state index contributed by atoms with van der Waals surface area (Å²) >= 11 is 0. The van der Waals surface area contributed by atoms with Crippen LogP contribution in [-0.4, -0.2) is 75.7 Å². The van der Waals surface area contributed by atoms with E-state index < -0.39 is 12.1 Å². The minimum atomic E-state index is -0.662. The van der Waals surface area contributed by atoms with E-state index in [1.165, 1.54) is 0 Å². The van der Waals surface area contributed by atoms with Gasteiger partial charge in [-0.05, 0) is 17.9 Å². The van der Waals surface area contributed by atoms with Crippen molar-refractivity contribution in [1.82, 2.24) is 10.2 Å². The van der Waals surface area contributed by atoms with E-state index in [9.17, 15) is 9.59 Å². The fraction of sp³-hybridized carbons (Fsp3) is 0.636. The molecule has 0 aliphatic carbocycles. The molecular formula is C22H34N2O6. The molecular weight excluding hydrogens is 388 g/mol. The minimum absolute atomic E-state index is 0.152. The van der Waals surface area contributed by atoms with E-state index in [1.807, 2.05) is 44.2 Å². The lowest BCUT2D eigenvalue weighted by Gasteiger charge is -2.29. The van der Waals surface area contributed by atoms with Crippen molar-refractivity contribution in [2.24, 2.45) is 5.92 Å². The zero-order valence-electron chi connectivity index (χ0n) is 18.0. The molecule has 1 saturated heterocycles. The number of hydrogen-bond acceptors (Lipinski definition) is 6. The van der Waals surface area contributed by atoms with Gasteiger partial charge in [0.05, 0.1) is 39.6 Å². The van der Waals surface area contributed by atoms with Crippen LogP contribution >= 0.6 is 0 Å². The highest BCUT2D eigenvalue weighted by atomic mass is 16.6. The van der Waals surface area contributed by atoms with Crippen molar-refractivity contribution < 1.29 is 28.5 Å². The van der Waals surface area contributed by atoms with Crippen molar-refractivity contribution >= 4 is 12.0 Å². The highest BCUT2D eigenvalue weighted by molar-refractivity contribution is 5.85. The number of carbonyl (C=O) groups is 2. The largest absolute Gasteiger partial charge is 0.445 e. The van der Waals surface area contributed by atoms with E-state index in [-0.39, 0.29) is 18.4 Å². The molecule has 1 heterocycles. The van der Waals surface area contributed by atoms with Gasteiger partial charge in [-0.1, -0.05) is 44.2 Å². The number of amides is 2. The average molecular weight is 423 g/mol. The predicted molar refractivity (Wildman–Crippen MR) is 112 cm³/mol. The van der Waals surface area contributed by atoms with Gasteiger partial charge in [0.1, 0.15) is 12.6 Å². The predicted octanol–water partition coefficient (Wildman–Crippen LogP) is 2.22. The second-order valence-corrected chi connectivity index (χ2v) is 7.55. The van der Waals surface area contributed by atoms with Crippen molar-refractivity contribution in [1.29, 1.82) is 0 Å². The lowest BCUT2D eigenvalue weighted by molar-refractivity contribution is -0.135. The van der Waals surface area contributed by atoms with E-state index in [4.69, 9.17) is 18.9 Å². The first-order valence-electron chi connectivity index (χ1n) is 10.6. The summed E-state index contributed by atoms with van der Waals surface area (Å²) in [5.74, 6) is 0.0753. The molecule has 1 atom stereocenters. The highest BCUT2D eigenvalue weighted by Crippen LogP contribution is 2.10. The number of ether oxygens (including phenoxy) is 4. The summed E-state index contributed by atoms with van der Waals surface area (Å²) in [6.07, 6.45) is -0.0810. The summed E-state index contributed by atoms with van der Waals surface area (Å²) in [5, 5.41) is 2.75. The Hall–Kier alpha value is -2.16. The Morgan fingerprint density at radius 3 is 2.10 bits per heavy atom. The van der Waals surface area contributed by atoms with Gasteiger partial charge in [0, 0.05) is 13.1 Å². The number of nitrogens with one attached hydrogen (secondary N) is 1. The van der Waals surface area contributed by atoms with Crippen LogP contribution in [0.15, 0.2) is 30.3 Å². The summed E-state index contributed by atoms with van der Waals surface area (Å²) in [6, 6.07) is 8.77. The van der Waals surface area contributed by atoms with E-state index in [0.717, 1.165) is 5.56 Å². The molecule has 1 aliphatic heterocycles. The number of rotatable bonds is 6. The fourth-order valence-corrected chi connectivity index (χ4v) is 3.04. The molecule has 2 rings (SSSR count). The van der Waals surface area contributed by atoms with Crippen LogP contribution in [0.2, 0.25) is 0 Å². The SMILES string of the molecule is CC(C)CC(NC(=O)OCc1ccccc1)C(=O)N1CCOCCOCCOCC1. The van der Waals surface area contributed by atoms with Crippen LogP contribution in [0.5, 0.6) is 0 Å². The Bertz CT molecular complexity index is 613. The average Bonchev–Trinajstić information content (AvgIpc) is 2.72. The molecule has 0 spiro atoms. The molecule has 0 radical (unpaired) electrons. The fourth-order valence-electron chi connectivity index (χ4n) is 3.04. The van der Waals surface area contributed by atoms with Crippen LogP contribution in [0.1, 0.15) is 25.8 Å². The quantitative estimate of drug-likeness (QED) is 0.757. The third-order valence-electron chi connectivity index (χ3n) is 4.58. The molecule has 1 aliphatic rings. The molecule has 1 fully saturated rings. The maximum absolute atomic E-state index is 13.2.